The van der Waals surface area contributed by atoms with Crippen LogP contribution in [-0.4, -0.2) is 0 Å². The minimum Gasteiger partial charge on any atom is -0.377 e. The highest BCUT2D eigenvalue weighted by Crippen LogP contribution is 2.47. The molecule has 1 N–H and O–H groups in total. The molecule has 0 radical (unpaired) electrons. The maximum Gasteiger partial charge on any atom is 0.0571 e. The van der Waals surface area contributed by atoms with Crippen LogP contribution in [0.15, 0.2) is 36.4 Å². The number of aryl methyl sites for hydroxylation is 1. The molecule has 0 amide bonds. The Bertz CT molecular complexity index is 688. The van der Waals surface area contributed by atoms with Crippen LogP contribution in [0.3, 0.4) is 0 Å². The second-order valence-corrected chi connectivity index (χ2v) is 7.27. The third kappa shape index (κ3) is 2.55. The van der Waals surface area contributed by atoms with Crippen molar-refractivity contribution >= 4 is 17.3 Å². The first-order valence-corrected chi connectivity index (χ1v) is 7.87. The average Bonchev–Trinajstić information content (AvgIpc) is 2.66. The highest BCUT2D eigenvalue weighted by atomic mass is 35.5. The zero-order valence-electron chi connectivity index (χ0n) is 13.1. The highest BCUT2D eigenvalue weighted by Gasteiger charge is 2.39. The van der Waals surface area contributed by atoms with Crippen molar-refractivity contribution in [2.75, 3.05) is 5.32 Å². The van der Waals surface area contributed by atoms with Gasteiger partial charge in [0, 0.05) is 10.7 Å². The Hall–Kier alpha value is -1.47. The summed E-state index contributed by atoms with van der Waals surface area (Å²) in [6.07, 6.45) is 1.09. The summed E-state index contributed by atoms with van der Waals surface area (Å²) in [6, 6.07) is 13.0. The van der Waals surface area contributed by atoms with E-state index >= 15 is 0 Å². The summed E-state index contributed by atoms with van der Waals surface area (Å²) in [6.45, 7) is 8.98. The first-order valence-electron chi connectivity index (χ1n) is 7.49. The van der Waals surface area contributed by atoms with Crippen LogP contribution in [0, 0.1) is 19.3 Å². The quantitative estimate of drug-likeness (QED) is 0.751. The van der Waals surface area contributed by atoms with E-state index in [4.69, 9.17) is 11.6 Å². The van der Waals surface area contributed by atoms with Crippen molar-refractivity contribution in [2.24, 2.45) is 5.41 Å². The van der Waals surface area contributed by atoms with Crippen molar-refractivity contribution in [1.29, 1.82) is 0 Å². The molecule has 21 heavy (non-hydrogen) atoms. The maximum atomic E-state index is 6.21. The lowest BCUT2D eigenvalue weighted by atomic mass is 9.85. The van der Waals surface area contributed by atoms with E-state index < -0.39 is 0 Å². The third-order valence-electron chi connectivity index (χ3n) is 4.75. The molecule has 1 atom stereocenters. The van der Waals surface area contributed by atoms with E-state index in [1.54, 1.807) is 0 Å². The van der Waals surface area contributed by atoms with Crippen LogP contribution >= 0.6 is 11.6 Å². The molecule has 0 spiro atoms. The smallest absolute Gasteiger partial charge is 0.0571 e. The summed E-state index contributed by atoms with van der Waals surface area (Å²) >= 11 is 6.21. The van der Waals surface area contributed by atoms with E-state index in [9.17, 15) is 0 Å². The normalized spacial score (nSPS) is 19.4. The molecule has 2 heteroatoms. The summed E-state index contributed by atoms with van der Waals surface area (Å²) in [5.41, 5.74) is 6.80. The van der Waals surface area contributed by atoms with Crippen LogP contribution in [-0.2, 0) is 6.42 Å². The Morgan fingerprint density at radius 2 is 1.90 bits per heavy atom. The van der Waals surface area contributed by atoms with Gasteiger partial charge in [-0.25, -0.2) is 0 Å². The van der Waals surface area contributed by atoms with Gasteiger partial charge in [-0.05, 0) is 66.1 Å². The fraction of sp³-hybridized carbons (Fsp3) is 0.368. The van der Waals surface area contributed by atoms with Gasteiger partial charge in [-0.2, -0.15) is 0 Å². The van der Waals surface area contributed by atoms with E-state index in [2.05, 4.69) is 63.3 Å². The molecule has 0 heterocycles. The Balaban J connectivity index is 2.02. The topological polar surface area (TPSA) is 12.0 Å². The number of hydrogen-bond donors (Lipinski definition) is 1. The first kappa shape index (κ1) is 14.5. The lowest BCUT2D eigenvalue weighted by Crippen LogP contribution is -2.24. The summed E-state index contributed by atoms with van der Waals surface area (Å²) in [7, 11) is 0. The van der Waals surface area contributed by atoms with E-state index in [0.29, 0.717) is 6.04 Å². The predicted octanol–water partition coefficient (Wildman–Crippen LogP) is 5.69. The second kappa shape index (κ2) is 5.06. The lowest BCUT2D eigenvalue weighted by Gasteiger charge is -2.30. The fourth-order valence-electron chi connectivity index (χ4n) is 3.35. The van der Waals surface area contributed by atoms with Crippen LogP contribution in [0.25, 0.3) is 0 Å². The molecule has 0 saturated carbocycles. The van der Waals surface area contributed by atoms with Gasteiger partial charge in [0.15, 0.2) is 0 Å². The van der Waals surface area contributed by atoms with Crippen LogP contribution in [0.5, 0.6) is 0 Å². The van der Waals surface area contributed by atoms with Gasteiger partial charge in [-0.3, -0.25) is 0 Å². The molecule has 1 nitrogen and oxygen atoms in total. The molecule has 0 saturated heterocycles. The van der Waals surface area contributed by atoms with Crippen LogP contribution < -0.4 is 5.32 Å². The monoisotopic (exact) mass is 299 g/mol. The van der Waals surface area contributed by atoms with E-state index in [-0.39, 0.29) is 5.41 Å². The maximum absolute atomic E-state index is 6.21. The van der Waals surface area contributed by atoms with Crippen molar-refractivity contribution in [3.8, 4) is 0 Å². The Morgan fingerprint density at radius 1 is 1.14 bits per heavy atom. The Morgan fingerprint density at radius 3 is 2.67 bits per heavy atom. The standard InChI is InChI=1S/C19H22ClN/c1-12-6-5-7-17(13(12)2)21-18-16-10-15(20)9-8-14(16)11-19(18,3)4/h5-10,18,21H,11H2,1-4H3. The van der Waals surface area contributed by atoms with Crippen molar-refractivity contribution in [3.05, 3.63) is 63.7 Å². The molecule has 0 aliphatic heterocycles. The fourth-order valence-corrected chi connectivity index (χ4v) is 3.53. The van der Waals surface area contributed by atoms with Crippen LogP contribution in [0.1, 0.15) is 42.1 Å². The van der Waals surface area contributed by atoms with Crippen molar-refractivity contribution < 1.29 is 0 Å². The van der Waals surface area contributed by atoms with Gasteiger partial charge in [0.05, 0.1) is 6.04 Å². The van der Waals surface area contributed by atoms with Crippen molar-refractivity contribution in [1.82, 2.24) is 0 Å². The van der Waals surface area contributed by atoms with E-state index in [1.165, 1.54) is 27.9 Å². The summed E-state index contributed by atoms with van der Waals surface area (Å²) in [4.78, 5) is 0. The molecule has 0 fully saturated rings. The van der Waals surface area contributed by atoms with Gasteiger partial charge in [-0.15, -0.1) is 0 Å². The molecule has 2 aromatic carbocycles. The van der Waals surface area contributed by atoms with Crippen molar-refractivity contribution in [2.45, 2.75) is 40.2 Å². The summed E-state index contributed by atoms with van der Waals surface area (Å²) in [5.74, 6) is 0. The minimum atomic E-state index is 0.184. The number of halogens is 1. The van der Waals surface area contributed by atoms with Gasteiger partial charge in [0.2, 0.25) is 0 Å². The molecule has 2 aromatic rings. The number of rotatable bonds is 2. The summed E-state index contributed by atoms with van der Waals surface area (Å²) < 4.78 is 0. The van der Waals surface area contributed by atoms with Gasteiger partial charge in [-0.1, -0.05) is 43.6 Å². The summed E-state index contributed by atoms with van der Waals surface area (Å²) in [5, 5.41) is 4.58. The SMILES string of the molecule is Cc1cccc(NC2c3cc(Cl)ccc3CC2(C)C)c1C. The molecule has 110 valence electrons. The zero-order chi connectivity index (χ0) is 15.2. The third-order valence-corrected chi connectivity index (χ3v) is 4.99. The molecule has 1 aliphatic rings. The molecule has 3 rings (SSSR count). The number of anilines is 1. The van der Waals surface area contributed by atoms with Gasteiger partial charge < -0.3 is 5.32 Å². The number of nitrogens with one attached hydrogen (secondary N) is 1. The molecule has 0 bridgehead atoms. The van der Waals surface area contributed by atoms with E-state index in [0.717, 1.165) is 11.4 Å². The number of hydrogen-bond acceptors (Lipinski definition) is 1. The van der Waals surface area contributed by atoms with E-state index in [1.807, 2.05) is 6.07 Å². The first-order chi connectivity index (χ1) is 9.88. The van der Waals surface area contributed by atoms with Gasteiger partial charge >= 0.3 is 0 Å². The largest absolute Gasteiger partial charge is 0.377 e. The Labute approximate surface area is 132 Å². The van der Waals surface area contributed by atoms with Crippen LogP contribution in [0.2, 0.25) is 5.02 Å². The molecule has 0 aromatic heterocycles. The number of benzene rings is 2. The average molecular weight is 300 g/mol. The lowest BCUT2D eigenvalue weighted by molar-refractivity contribution is 0.337. The molecular weight excluding hydrogens is 278 g/mol. The van der Waals surface area contributed by atoms with Crippen molar-refractivity contribution in [3.63, 3.8) is 0 Å². The molecule has 1 aliphatic carbocycles. The van der Waals surface area contributed by atoms with Crippen LogP contribution in [0.4, 0.5) is 5.69 Å². The minimum absolute atomic E-state index is 0.184. The van der Waals surface area contributed by atoms with Gasteiger partial charge in [0.1, 0.15) is 0 Å². The Kier molecular flexibility index (Phi) is 3.49. The highest BCUT2D eigenvalue weighted by molar-refractivity contribution is 6.30. The number of fused-ring (bicyclic) bond motifs is 1. The predicted molar refractivity (Wildman–Crippen MR) is 91.2 cm³/mol. The molecular formula is C19H22ClN. The second-order valence-electron chi connectivity index (χ2n) is 6.83. The zero-order valence-corrected chi connectivity index (χ0v) is 13.9. The van der Waals surface area contributed by atoms with Gasteiger partial charge in [0.25, 0.3) is 0 Å². The molecule has 1 unspecified atom stereocenters.